The van der Waals surface area contributed by atoms with Crippen LogP contribution >= 0.6 is 11.8 Å². The third kappa shape index (κ3) is 2.48. The normalized spacial score (nSPS) is 25.3. The summed E-state index contributed by atoms with van der Waals surface area (Å²) in [5, 5.41) is 3.17. The molecule has 0 heterocycles. The largest absolute Gasteiger partial charge is 0.354 e. The van der Waals surface area contributed by atoms with E-state index in [0.29, 0.717) is 11.3 Å². The van der Waals surface area contributed by atoms with Crippen LogP contribution in [0, 0.1) is 5.41 Å². The van der Waals surface area contributed by atoms with Crippen LogP contribution < -0.4 is 11.1 Å². The number of carbonyl (C=O) groups is 1. The van der Waals surface area contributed by atoms with Crippen LogP contribution in [-0.4, -0.2) is 30.0 Å². The lowest BCUT2D eigenvalue weighted by molar-refractivity contribution is -0.130. The Balaban J connectivity index is 1.88. The average molecular weight is 256 g/mol. The molecule has 0 atom stereocenters. The predicted octanol–water partition coefficient (Wildman–Crippen LogP) is 1.91. The minimum Gasteiger partial charge on any atom is -0.354 e. The average Bonchev–Trinajstić information content (AvgIpc) is 2.77. The standard InChI is InChI=1S/C13H24N2OS/c1-17-13(7-4-8-13)10-15-11(16)12(9-14)5-2-3-6-12/h2-10,14H2,1H3,(H,15,16). The molecule has 2 aliphatic carbocycles. The molecule has 2 aliphatic rings. The Morgan fingerprint density at radius 3 is 2.29 bits per heavy atom. The van der Waals surface area contributed by atoms with Crippen molar-refractivity contribution < 1.29 is 4.79 Å². The molecule has 4 heteroatoms. The minimum absolute atomic E-state index is 0.206. The van der Waals surface area contributed by atoms with E-state index in [4.69, 9.17) is 5.73 Å². The highest BCUT2D eigenvalue weighted by Gasteiger charge is 2.42. The second-order valence-corrected chi connectivity index (χ2v) is 6.89. The fourth-order valence-electron chi connectivity index (χ4n) is 3.03. The molecule has 98 valence electrons. The smallest absolute Gasteiger partial charge is 0.227 e. The van der Waals surface area contributed by atoms with Crippen LogP contribution in [0.4, 0.5) is 0 Å². The molecule has 0 radical (unpaired) electrons. The molecule has 3 N–H and O–H groups in total. The lowest BCUT2D eigenvalue weighted by Gasteiger charge is -2.41. The third-order valence-corrected chi connectivity index (χ3v) is 6.12. The quantitative estimate of drug-likeness (QED) is 0.790. The van der Waals surface area contributed by atoms with Crippen molar-refractivity contribution in [2.75, 3.05) is 19.3 Å². The van der Waals surface area contributed by atoms with Gasteiger partial charge >= 0.3 is 0 Å². The summed E-state index contributed by atoms with van der Waals surface area (Å²) in [6.45, 7) is 1.33. The summed E-state index contributed by atoms with van der Waals surface area (Å²) in [5.41, 5.74) is 5.58. The Hall–Kier alpha value is -0.220. The summed E-state index contributed by atoms with van der Waals surface area (Å²) in [4.78, 5) is 12.3. The molecule has 2 saturated carbocycles. The van der Waals surface area contributed by atoms with Crippen LogP contribution in [0.3, 0.4) is 0 Å². The highest BCUT2D eigenvalue weighted by atomic mass is 32.2. The summed E-state index contributed by atoms with van der Waals surface area (Å²) in [5.74, 6) is 0.206. The highest BCUT2D eigenvalue weighted by molar-refractivity contribution is 8.00. The fraction of sp³-hybridized carbons (Fsp3) is 0.923. The molecular weight excluding hydrogens is 232 g/mol. The summed E-state index contributed by atoms with van der Waals surface area (Å²) in [7, 11) is 0. The Bertz CT molecular complexity index is 278. The minimum atomic E-state index is -0.247. The maximum atomic E-state index is 12.3. The molecule has 1 amide bonds. The summed E-state index contributed by atoms with van der Waals surface area (Å²) in [6, 6.07) is 0. The molecule has 0 aromatic heterocycles. The molecule has 3 nitrogen and oxygen atoms in total. The number of rotatable bonds is 5. The SMILES string of the molecule is CSC1(CNC(=O)C2(CN)CCCC2)CCC1. The lowest BCUT2D eigenvalue weighted by atomic mass is 9.82. The van der Waals surface area contributed by atoms with E-state index in [0.717, 1.165) is 32.2 Å². The zero-order valence-corrected chi connectivity index (χ0v) is 11.6. The highest BCUT2D eigenvalue weighted by Crippen LogP contribution is 2.43. The monoisotopic (exact) mass is 256 g/mol. The number of nitrogens with two attached hydrogens (primary N) is 1. The van der Waals surface area contributed by atoms with Crippen molar-refractivity contribution in [1.29, 1.82) is 0 Å². The summed E-state index contributed by atoms with van der Waals surface area (Å²) in [6.07, 6.45) is 10.2. The number of hydrogen-bond acceptors (Lipinski definition) is 3. The molecule has 0 unspecified atom stereocenters. The van der Waals surface area contributed by atoms with Gasteiger partial charge in [-0.05, 0) is 31.9 Å². The van der Waals surface area contributed by atoms with Crippen LogP contribution in [0.25, 0.3) is 0 Å². The second kappa shape index (κ2) is 5.19. The number of carbonyl (C=O) groups excluding carboxylic acids is 1. The maximum absolute atomic E-state index is 12.3. The molecule has 0 saturated heterocycles. The lowest BCUT2D eigenvalue weighted by Crippen LogP contribution is -2.51. The fourth-order valence-corrected chi connectivity index (χ4v) is 3.94. The zero-order chi connectivity index (χ0) is 12.4. The zero-order valence-electron chi connectivity index (χ0n) is 10.8. The second-order valence-electron chi connectivity index (χ2n) is 5.61. The molecule has 0 aromatic rings. The van der Waals surface area contributed by atoms with Crippen LogP contribution in [-0.2, 0) is 4.79 Å². The van der Waals surface area contributed by atoms with Crippen molar-refractivity contribution in [3.8, 4) is 0 Å². The van der Waals surface area contributed by atoms with E-state index in [9.17, 15) is 4.79 Å². The summed E-state index contributed by atoms with van der Waals surface area (Å²) >= 11 is 1.90. The van der Waals surface area contributed by atoms with Gasteiger partial charge in [0.25, 0.3) is 0 Å². The van der Waals surface area contributed by atoms with Gasteiger partial charge in [0.05, 0.1) is 5.41 Å². The van der Waals surface area contributed by atoms with Gasteiger partial charge in [-0.3, -0.25) is 4.79 Å². The first kappa shape index (κ1) is 13.2. The van der Waals surface area contributed by atoms with E-state index in [1.165, 1.54) is 19.3 Å². The van der Waals surface area contributed by atoms with Crippen molar-refractivity contribution >= 4 is 17.7 Å². The van der Waals surface area contributed by atoms with Crippen molar-refractivity contribution in [3.63, 3.8) is 0 Å². The van der Waals surface area contributed by atoms with Gasteiger partial charge < -0.3 is 11.1 Å². The molecule has 0 spiro atoms. The van der Waals surface area contributed by atoms with Gasteiger partial charge in [-0.1, -0.05) is 19.3 Å². The number of thioether (sulfide) groups is 1. The van der Waals surface area contributed by atoms with E-state index < -0.39 is 0 Å². The van der Waals surface area contributed by atoms with Gasteiger partial charge in [-0.2, -0.15) is 11.8 Å². The molecule has 17 heavy (non-hydrogen) atoms. The van der Waals surface area contributed by atoms with Gasteiger partial charge in [-0.15, -0.1) is 0 Å². The van der Waals surface area contributed by atoms with E-state index in [-0.39, 0.29) is 11.3 Å². The molecule has 0 aliphatic heterocycles. The first-order valence-corrected chi connectivity index (χ1v) is 7.92. The van der Waals surface area contributed by atoms with Crippen molar-refractivity contribution in [3.05, 3.63) is 0 Å². The topological polar surface area (TPSA) is 55.1 Å². The van der Waals surface area contributed by atoms with Crippen LogP contribution in [0.5, 0.6) is 0 Å². The van der Waals surface area contributed by atoms with Crippen molar-refractivity contribution in [2.45, 2.75) is 49.7 Å². The summed E-state index contributed by atoms with van der Waals surface area (Å²) < 4.78 is 0.323. The Morgan fingerprint density at radius 2 is 1.88 bits per heavy atom. The number of nitrogens with one attached hydrogen (secondary N) is 1. The third-order valence-electron chi connectivity index (χ3n) is 4.70. The van der Waals surface area contributed by atoms with Gasteiger partial charge in [0, 0.05) is 17.8 Å². The van der Waals surface area contributed by atoms with Crippen LogP contribution in [0.15, 0.2) is 0 Å². The molecular formula is C13H24N2OS. The number of amides is 1. The van der Waals surface area contributed by atoms with Gasteiger partial charge in [0.1, 0.15) is 0 Å². The number of hydrogen-bond donors (Lipinski definition) is 2. The first-order valence-electron chi connectivity index (χ1n) is 6.70. The van der Waals surface area contributed by atoms with Crippen molar-refractivity contribution in [1.82, 2.24) is 5.32 Å². The van der Waals surface area contributed by atoms with Gasteiger partial charge in [0.2, 0.25) is 5.91 Å². The Morgan fingerprint density at radius 1 is 1.24 bits per heavy atom. The molecule has 0 aromatic carbocycles. The Labute approximate surface area is 108 Å². The predicted molar refractivity (Wildman–Crippen MR) is 73.1 cm³/mol. The van der Waals surface area contributed by atoms with E-state index >= 15 is 0 Å². The molecule has 0 bridgehead atoms. The van der Waals surface area contributed by atoms with Crippen LogP contribution in [0.1, 0.15) is 44.9 Å². The van der Waals surface area contributed by atoms with Gasteiger partial charge in [0.15, 0.2) is 0 Å². The maximum Gasteiger partial charge on any atom is 0.227 e. The van der Waals surface area contributed by atoms with E-state index in [1.807, 2.05) is 11.8 Å². The van der Waals surface area contributed by atoms with Crippen molar-refractivity contribution in [2.24, 2.45) is 11.1 Å². The van der Waals surface area contributed by atoms with E-state index in [1.54, 1.807) is 0 Å². The molecule has 2 rings (SSSR count). The van der Waals surface area contributed by atoms with E-state index in [2.05, 4.69) is 11.6 Å². The van der Waals surface area contributed by atoms with Crippen LogP contribution in [0.2, 0.25) is 0 Å². The Kier molecular flexibility index (Phi) is 4.03. The molecule has 2 fully saturated rings. The van der Waals surface area contributed by atoms with Gasteiger partial charge in [-0.25, -0.2) is 0 Å². The first-order chi connectivity index (χ1) is 8.16.